The van der Waals surface area contributed by atoms with E-state index in [2.05, 4.69) is 0 Å². The van der Waals surface area contributed by atoms with Gasteiger partial charge in [0.2, 0.25) is 36.4 Å². The van der Waals surface area contributed by atoms with Gasteiger partial charge >= 0.3 is 47.8 Å². The maximum atomic E-state index is 15.4. The Balaban J connectivity index is 1.74. The lowest BCUT2D eigenvalue weighted by atomic mass is 9.85. The minimum absolute atomic E-state index is 0.0289. The molecule has 2 fully saturated rings. The molecule has 22 nitrogen and oxygen atoms in total. The van der Waals surface area contributed by atoms with Crippen LogP contribution in [-0.4, -0.2) is 134 Å². The fourth-order valence-electron chi connectivity index (χ4n) is 7.42. The van der Waals surface area contributed by atoms with Gasteiger partial charge in [0.25, 0.3) is 0 Å². The van der Waals surface area contributed by atoms with Crippen LogP contribution in [0.5, 0.6) is 0 Å². The van der Waals surface area contributed by atoms with Crippen LogP contribution in [0, 0.1) is 0 Å². The number of carbonyl (C=O) groups excluding carboxylic acids is 10. The summed E-state index contributed by atoms with van der Waals surface area (Å²) in [6, 6.07) is 15.0. The van der Waals surface area contributed by atoms with Gasteiger partial charge in [0, 0.05) is 55.4 Å². The number of hydrogen-bond donors (Lipinski definition) is 0. The van der Waals surface area contributed by atoms with E-state index in [-0.39, 0.29) is 11.1 Å². The molecular formula is C46H48O22. The van der Waals surface area contributed by atoms with Crippen LogP contribution in [0.3, 0.4) is 0 Å². The van der Waals surface area contributed by atoms with E-state index in [1.165, 1.54) is 48.5 Å². The Labute approximate surface area is 387 Å². The van der Waals surface area contributed by atoms with Crippen LogP contribution in [0.2, 0.25) is 0 Å². The van der Waals surface area contributed by atoms with E-state index in [9.17, 15) is 38.4 Å². The van der Waals surface area contributed by atoms with Crippen LogP contribution in [0.4, 0.5) is 0 Å². The molecule has 2 heterocycles. The highest BCUT2D eigenvalue weighted by atomic mass is 16.8. The van der Waals surface area contributed by atoms with Crippen molar-refractivity contribution in [3.63, 3.8) is 0 Å². The van der Waals surface area contributed by atoms with Crippen molar-refractivity contribution in [1.29, 1.82) is 0 Å². The van der Waals surface area contributed by atoms with Crippen molar-refractivity contribution in [2.75, 3.05) is 13.2 Å². The number of esters is 8. The van der Waals surface area contributed by atoms with Crippen LogP contribution in [0.15, 0.2) is 72.2 Å². The molecule has 0 radical (unpaired) electrons. The van der Waals surface area contributed by atoms with Gasteiger partial charge in [-0.05, 0) is 11.1 Å². The second-order valence-corrected chi connectivity index (χ2v) is 15.2. The molecule has 0 amide bonds. The van der Waals surface area contributed by atoms with Gasteiger partial charge in [0.15, 0.2) is 35.9 Å². The van der Waals surface area contributed by atoms with E-state index >= 15 is 9.59 Å². The van der Waals surface area contributed by atoms with Crippen LogP contribution in [0.25, 0.3) is 11.1 Å². The van der Waals surface area contributed by atoms with Crippen molar-refractivity contribution >= 4 is 70.5 Å². The first-order chi connectivity index (χ1) is 32.2. The number of carbonyl (C=O) groups is 10. The molecule has 0 N–H and O–H groups in total. The van der Waals surface area contributed by atoms with Crippen molar-refractivity contribution < 1.29 is 105 Å². The molecule has 2 saturated heterocycles. The van der Waals surface area contributed by atoms with Gasteiger partial charge in [-0.15, -0.1) is 0 Å². The maximum Gasteiger partial charge on any atom is 0.303 e. The average Bonchev–Trinajstić information content (AvgIpc) is 3.25. The fourth-order valence-corrected chi connectivity index (χ4v) is 7.42. The fraction of sp³-hybridized carbons (Fsp3) is 0.435. The van der Waals surface area contributed by atoms with E-state index < -0.39 is 157 Å². The maximum absolute atomic E-state index is 15.4. The first-order valence-electron chi connectivity index (χ1n) is 20.8. The average molecular weight is 953 g/mol. The van der Waals surface area contributed by atoms with Gasteiger partial charge in [0.05, 0.1) is 11.1 Å². The minimum atomic E-state index is -2.00. The second kappa shape index (κ2) is 22.8. The van der Waals surface area contributed by atoms with Gasteiger partial charge in [0.1, 0.15) is 25.4 Å². The van der Waals surface area contributed by atoms with Crippen LogP contribution in [-0.2, 0) is 105 Å². The molecule has 2 aromatic carbocycles. The number of ether oxygens (including phenoxy) is 12. The van der Waals surface area contributed by atoms with Crippen molar-refractivity contribution in [2.45, 2.75) is 117 Å². The Morgan fingerprint density at radius 2 is 0.676 bits per heavy atom. The van der Waals surface area contributed by atoms with E-state index in [0.29, 0.717) is 0 Å². The molecule has 364 valence electrons. The molecule has 0 bridgehead atoms. The molecule has 3 aliphatic rings. The second-order valence-electron chi connectivity index (χ2n) is 15.2. The molecule has 0 aromatic heterocycles. The van der Waals surface area contributed by atoms with Crippen LogP contribution < -0.4 is 0 Å². The molecule has 68 heavy (non-hydrogen) atoms. The zero-order valence-corrected chi connectivity index (χ0v) is 37.9. The third-order valence-electron chi connectivity index (χ3n) is 9.81. The third-order valence-corrected chi connectivity index (χ3v) is 9.81. The first kappa shape index (κ1) is 51.5. The van der Waals surface area contributed by atoms with E-state index in [1.54, 1.807) is 12.1 Å². The first-order valence-corrected chi connectivity index (χ1v) is 20.8. The lowest BCUT2D eigenvalue weighted by molar-refractivity contribution is -0.300. The highest BCUT2D eigenvalue weighted by molar-refractivity contribution is 6.46. The normalized spacial score (nSPS) is 25.8. The minimum Gasteiger partial charge on any atom is -0.463 e. The summed E-state index contributed by atoms with van der Waals surface area (Å²) in [6.45, 7) is 6.89. The summed E-state index contributed by atoms with van der Waals surface area (Å²) in [6.07, 6.45) is -17.4. The van der Waals surface area contributed by atoms with Gasteiger partial charge in [-0.25, -0.2) is 0 Å². The summed E-state index contributed by atoms with van der Waals surface area (Å²) < 4.78 is 68.4. The summed E-state index contributed by atoms with van der Waals surface area (Å²) in [5, 5.41) is 0. The Morgan fingerprint density at radius 3 is 0.956 bits per heavy atom. The van der Waals surface area contributed by atoms with Crippen molar-refractivity contribution in [3.05, 3.63) is 83.3 Å². The lowest BCUT2D eigenvalue weighted by Gasteiger charge is -2.45. The number of hydrogen-bond acceptors (Lipinski definition) is 22. The summed E-state index contributed by atoms with van der Waals surface area (Å²) >= 11 is 0. The number of Topliss-reactive ketones (excluding diaryl/α,β-unsaturated/α-hetero) is 2. The molecule has 22 heteroatoms. The molecule has 0 saturated carbocycles. The van der Waals surface area contributed by atoms with E-state index in [4.69, 9.17) is 56.8 Å². The monoisotopic (exact) mass is 952 g/mol. The summed E-state index contributed by atoms with van der Waals surface area (Å²) in [7, 11) is 0. The Bertz CT molecular complexity index is 2190. The van der Waals surface area contributed by atoms with Crippen molar-refractivity contribution in [3.8, 4) is 0 Å². The molecule has 2 aromatic rings. The molecule has 1 aliphatic carbocycles. The zero-order valence-electron chi connectivity index (χ0n) is 37.9. The SMILES string of the molecule is CC(=O)OCC1OC(OC2=C(c3ccccc3)C(=O)C(OC3OC(COC(C)=O)C(OC(C)=O)C(OC(C)=O)C3OC(C)=O)=C(c3ccccc3)C2=O)C(OC(C)=O)C(OC(C)=O)C1OC(C)=O. The largest absolute Gasteiger partial charge is 0.463 e. The van der Waals surface area contributed by atoms with Gasteiger partial charge in [-0.2, -0.15) is 0 Å². The summed E-state index contributed by atoms with van der Waals surface area (Å²) in [5.74, 6) is -11.0. The summed E-state index contributed by atoms with van der Waals surface area (Å²) in [5.41, 5.74) is -0.963. The highest BCUT2D eigenvalue weighted by Crippen LogP contribution is 2.42. The van der Waals surface area contributed by atoms with Crippen LogP contribution in [0.1, 0.15) is 66.5 Å². The smallest absolute Gasteiger partial charge is 0.303 e. The molecule has 0 spiro atoms. The van der Waals surface area contributed by atoms with Gasteiger partial charge in [-0.1, -0.05) is 60.7 Å². The van der Waals surface area contributed by atoms with Gasteiger partial charge < -0.3 is 56.8 Å². The molecule has 10 unspecified atom stereocenters. The quantitative estimate of drug-likeness (QED) is 0.132. The number of ketones is 2. The molecule has 2 aliphatic heterocycles. The zero-order chi connectivity index (χ0) is 50.0. The number of rotatable bonds is 16. The summed E-state index contributed by atoms with van der Waals surface area (Å²) in [4.78, 5) is 130. The van der Waals surface area contributed by atoms with Gasteiger partial charge in [-0.3, -0.25) is 47.9 Å². The molecule has 10 atom stereocenters. The Hall–Kier alpha value is -7.46. The predicted octanol–water partition coefficient (Wildman–Crippen LogP) is 2.16. The molecule has 5 rings (SSSR count). The predicted molar refractivity (Wildman–Crippen MR) is 223 cm³/mol. The molecular weight excluding hydrogens is 904 g/mol. The van der Waals surface area contributed by atoms with Crippen molar-refractivity contribution in [2.24, 2.45) is 0 Å². The van der Waals surface area contributed by atoms with Crippen molar-refractivity contribution in [1.82, 2.24) is 0 Å². The standard InChI is InChI=1S/C46H48O22/c1-21(47)57-19-31-37(59-23(3)49)41(61-25(5)51)43(63-27(7)53)45(65-31)67-39-33(29-15-11-9-12-16-29)36(56)40(34(35(39)55)30-17-13-10-14-18-30)68-46-44(64-28(8)54)42(62-26(6)52)38(60-24(4)50)32(66-46)20-58-22(2)48/h9-18,31-32,37-38,41-46H,19-20H2,1-8H3. The van der Waals surface area contributed by atoms with Crippen LogP contribution >= 0.6 is 0 Å². The Kier molecular flexibility index (Phi) is 17.3. The number of benzene rings is 2. The third kappa shape index (κ3) is 12.9. The van der Waals surface area contributed by atoms with E-state index in [1.807, 2.05) is 0 Å². The lowest BCUT2D eigenvalue weighted by Crippen LogP contribution is -2.63. The number of allylic oxidation sites excluding steroid dienone is 2. The highest BCUT2D eigenvalue weighted by Gasteiger charge is 2.57. The topological polar surface area (TPSA) is 281 Å². The van der Waals surface area contributed by atoms with E-state index in [0.717, 1.165) is 55.4 Å². The Morgan fingerprint density at radius 1 is 0.397 bits per heavy atom.